The molecule has 1 heterocycles. The highest BCUT2D eigenvalue weighted by Gasteiger charge is 2.24. The molecule has 0 aliphatic carbocycles. The molecule has 0 radical (unpaired) electrons. The van der Waals surface area contributed by atoms with Gasteiger partial charge in [-0.25, -0.2) is 0 Å². The lowest BCUT2D eigenvalue weighted by molar-refractivity contribution is -0.132. The van der Waals surface area contributed by atoms with E-state index >= 15 is 0 Å². The lowest BCUT2D eigenvalue weighted by atomic mass is 9.87. The monoisotopic (exact) mass is 458 g/mol. The van der Waals surface area contributed by atoms with Gasteiger partial charge in [0.25, 0.3) is 5.56 Å². The van der Waals surface area contributed by atoms with Crippen LogP contribution in [-0.4, -0.2) is 47.3 Å². The number of pyridine rings is 1. The van der Waals surface area contributed by atoms with Crippen molar-refractivity contribution in [3.63, 3.8) is 0 Å². The van der Waals surface area contributed by atoms with Gasteiger partial charge in [0.05, 0.1) is 12.6 Å². The van der Waals surface area contributed by atoms with E-state index < -0.39 is 0 Å². The minimum absolute atomic E-state index is 0.00341. The van der Waals surface area contributed by atoms with Crippen molar-refractivity contribution in [3.05, 3.63) is 40.2 Å². The number of fused-ring (bicyclic) bond motifs is 1. The Labute approximate surface area is 198 Å². The van der Waals surface area contributed by atoms with E-state index in [1.807, 2.05) is 49.9 Å². The van der Waals surface area contributed by atoms with Crippen molar-refractivity contribution >= 4 is 16.8 Å². The summed E-state index contributed by atoms with van der Waals surface area (Å²) < 4.78 is 7.00. The topological polar surface area (TPSA) is 71.8 Å². The fourth-order valence-electron chi connectivity index (χ4n) is 3.83. The van der Waals surface area contributed by atoms with Crippen LogP contribution >= 0.6 is 0 Å². The first-order valence-corrected chi connectivity index (χ1v) is 12.0. The van der Waals surface area contributed by atoms with Gasteiger partial charge in [-0.3, -0.25) is 14.2 Å². The number of hydrogen-bond acceptors (Lipinski definition) is 4. The molecule has 0 aliphatic rings. The zero-order valence-electron chi connectivity index (χ0n) is 21.5. The predicted molar refractivity (Wildman–Crippen MR) is 135 cm³/mol. The molecule has 33 heavy (non-hydrogen) atoms. The van der Waals surface area contributed by atoms with Crippen molar-refractivity contribution < 1.29 is 14.6 Å². The van der Waals surface area contributed by atoms with Crippen LogP contribution < -0.4 is 10.3 Å². The van der Waals surface area contributed by atoms with E-state index in [1.165, 1.54) is 0 Å². The number of nitrogens with zero attached hydrogens (tertiary/aromatic N) is 2. The van der Waals surface area contributed by atoms with E-state index in [9.17, 15) is 9.59 Å². The molecule has 1 aromatic heterocycles. The fourth-order valence-corrected chi connectivity index (χ4v) is 3.83. The van der Waals surface area contributed by atoms with E-state index in [0.717, 1.165) is 31.1 Å². The Hall–Kier alpha value is -2.34. The largest absolute Gasteiger partial charge is 0.497 e. The molecule has 2 aromatic rings. The van der Waals surface area contributed by atoms with Crippen molar-refractivity contribution in [3.8, 4) is 5.75 Å². The van der Waals surface area contributed by atoms with Crippen LogP contribution in [0.15, 0.2) is 29.1 Å². The van der Waals surface area contributed by atoms with Gasteiger partial charge in [-0.2, -0.15) is 0 Å². The second kappa shape index (κ2) is 11.2. The number of amides is 1. The molecule has 0 fully saturated rings. The third-order valence-electron chi connectivity index (χ3n) is 5.98. The number of aliphatic hydroxyl groups excluding tert-OH is 1. The molecule has 0 bridgehead atoms. The van der Waals surface area contributed by atoms with Crippen LogP contribution in [0.25, 0.3) is 10.9 Å². The van der Waals surface area contributed by atoms with Gasteiger partial charge in [0.2, 0.25) is 5.91 Å². The van der Waals surface area contributed by atoms with E-state index in [-0.39, 0.29) is 35.4 Å². The van der Waals surface area contributed by atoms with Gasteiger partial charge in [-0.1, -0.05) is 41.5 Å². The molecule has 1 N–H and O–H groups in total. The van der Waals surface area contributed by atoms with E-state index in [0.29, 0.717) is 29.9 Å². The molecule has 1 aromatic carbocycles. The highest BCUT2D eigenvalue weighted by Crippen LogP contribution is 2.26. The molecule has 0 saturated heterocycles. The Morgan fingerprint density at radius 2 is 1.73 bits per heavy atom. The highest BCUT2D eigenvalue weighted by molar-refractivity contribution is 5.84. The summed E-state index contributed by atoms with van der Waals surface area (Å²) in [5.41, 5.74) is 1.03. The van der Waals surface area contributed by atoms with Crippen molar-refractivity contribution in [2.75, 3.05) is 26.8 Å². The minimum Gasteiger partial charge on any atom is -0.497 e. The first-order valence-electron chi connectivity index (χ1n) is 12.0. The molecule has 0 spiro atoms. The normalized spacial score (nSPS) is 12.2. The van der Waals surface area contributed by atoms with E-state index in [1.54, 1.807) is 11.7 Å². The highest BCUT2D eigenvalue weighted by atomic mass is 16.5. The van der Waals surface area contributed by atoms with E-state index in [2.05, 4.69) is 20.8 Å². The number of methoxy groups -OCH3 is 1. The number of unbranched alkanes of at least 4 members (excludes halogenated alkanes) is 2. The van der Waals surface area contributed by atoms with Crippen molar-refractivity contribution in [2.24, 2.45) is 5.41 Å². The van der Waals surface area contributed by atoms with Crippen LogP contribution in [0.4, 0.5) is 0 Å². The zero-order valence-corrected chi connectivity index (χ0v) is 21.5. The van der Waals surface area contributed by atoms with Gasteiger partial charge in [0.15, 0.2) is 0 Å². The summed E-state index contributed by atoms with van der Waals surface area (Å²) in [6.07, 6.45) is 3.32. The van der Waals surface area contributed by atoms with E-state index in [4.69, 9.17) is 9.84 Å². The summed E-state index contributed by atoms with van der Waals surface area (Å²) in [5, 5.41) is 10.00. The first kappa shape index (κ1) is 26.9. The molecule has 6 heteroatoms. The maximum atomic E-state index is 13.5. The number of carbonyl (C=O) groups is 1. The molecule has 6 nitrogen and oxygen atoms in total. The summed E-state index contributed by atoms with van der Waals surface area (Å²) in [5.74, 6) is 0.598. The number of aromatic nitrogens is 1. The van der Waals surface area contributed by atoms with Gasteiger partial charge >= 0.3 is 0 Å². The Morgan fingerprint density at radius 3 is 2.30 bits per heavy atom. The molecule has 2 rings (SSSR count). The zero-order chi connectivity index (χ0) is 24.8. The summed E-state index contributed by atoms with van der Waals surface area (Å²) in [6.45, 7) is 14.0. The van der Waals surface area contributed by atoms with Crippen LogP contribution in [0.5, 0.6) is 5.75 Å². The molecule has 0 atom stereocenters. The maximum Gasteiger partial charge on any atom is 0.255 e. The number of carbonyl (C=O) groups excluding carboxylic acids is 1. The van der Waals surface area contributed by atoms with Crippen LogP contribution in [0.3, 0.4) is 0 Å². The Morgan fingerprint density at radius 1 is 1.03 bits per heavy atom. The Kier molecular flexibility index (Phi) is 9.12. The van der Waals surface area contributed by atoms with Gasteiger partial charge in [0.1, 0.15) is 12.3 Å². The summed E-state index contributed by atoms with van der Waals surface area (Å²) >= 11 is 0. The van der Waals surface area contributed by atoms with Crippen molar-refractivity contribution in [2.45, 2.75) is 79.2 Å². The second-order valence-corrected chi connectivity index (χ2v) is 11.1. The van der Waals surface area contributed by atoms with Gasteiger partial charge in [0, 0.05) is 31.3 Å². The number of ether oxygens (including phenoxy) is 1. The molecule has 1 amide bonds. The molecular weight excluding hydrogens is 416 g/mol. The molecule has 0 aliphatic heterocycles. The van der Waals surface area contributed by atoms with Gasteiger partial charge < -0.3 is 14.7 Å². The SMILES string of the molecule is COc1ccc2cc(C(C)(C)C)c(=O)n(CC(=O)N(CCCCCO)CCC(C)(C)C)c2c1. The Balaban J connectivity index is 2.45. The summed E-state index contributed by atoms with van der Waals surface area (Å²) in [7, 11) is 1.60. The van der Waals surface area contributed by atoms with Crippen LogP contribution in [0.1, 0.15) is 72.8 Å². The number of aliphatic hydroxyl groups is 1. The predicted octanol–water partition coefficient (Wildman–Crippen LogP) is 4.74. The fraction of sp³-hybridized carbons (Fsp3) is 0.630. The minimum atomic E-state index is -0.341. The number of rotatable bonds is 10. The number of hydrogen-bond donors (Lipinski definition) is 1. The maximum absolute atomic E-state index is 13.5. The quantitative estimate of drug-likeness (QED) is 0.522. The smallest absolute Gasteiger partial charge is 0.255 e. The van der Waals surface area contributed by atoms with Gasteiger partial charge in [-0.05, 0) is 60.1 Å². The molecule has 184 valence electrons. The lowest BCUT2D eigenvalue weighted by Gasteiger charge is -2.28. The molecule has 0 saturated carbocycles. The van der Waals surface area contributed by atoms with Crippen LogP contribution in [-0.2, 0) is 16.8 Å². The first-order chi connectivity index (χ1) is 15.4. The number of benzene rings is 1. The standard InChI is InChI=1S/C27H42N2O4/c1-26(2,3)13-15-28(14-9-8-10-16-30)24(31)19-29-23-18-21(33-7)12-11-20(23)17-22(25(29)32)27(4,5)6/h11-12,17-18,30H,8-10,13-16,19H2,1-7H3. The van der Waals surface area contributed by atoms with Crippen LogP contribution in [0, 0.1) is 5.41 Å². The molecular formula is C27H42N2O4. The Bertz CT molecular complexity index is 996. The average Bonchev–Trinajstić information content (AvgIpc) is 2.72. The third-order valence-corrected chi connectivity index (χ3v) is 5.98. The average molecular weight is 459 g/mol. The summed E-state index contributed by atoms with van der Waals surface area (Å²) in [6, 6.07) is 7.58. The van der Waals surface area contributed by atoms with Crippen molar-refractivity contribution in [1.82, 2.24) is 9.47 Å². The summed E-state index contributed by atoms with van der Waals surface area (Å²) in [4.78, 5) is 28.9. The third kappa shape index (κ3) is 7.60. The lowest BCUT2D eigenvalue weighted by Crippen LogP contribution is -2.40. The second-order valence-electron chi connectivity index (χ2n) is 11.1. The molecule has 0 unspecified atom stereocenters. The van der Waals surface area contributed by atoms with Gasteiger partial charge in [-0.15, -0.1) is 0 Å². The van der Waals surface area contributed by atoms with Crippen LogP contribution in [0.2, 0.25) is 0 Å². The van der Waals surface area contributed by atoms with Crippen molar-refractivity contribution in [1.29, 1.82) is 0 Å².